The minimum absolute atomic E-state index is 0.0815. The van der Waals surface area contributed by atoms with Crippen molar-refractivity contribution in [3.05, 3.63) is 23.8 Å². The monoisotopic (exact) mass is 266 g/mol. The topological polar surface area (TPSA) is 52.6 Å². The van der Waals surface area contributed by atoms with Gasteiger partial charge in [0.1, 0.15) is 5.75 Å². The van der Waals surface area contributed by atoms with Crippen LogP contribution >= 0.6 is 11.8 Å². The standard InChI is InChI=1S/C13H14O4S/c1-16-9-5-3-8-4-6-10(14)12(13(15)17-2)18-11(8)7-9/h3,5,7,12H,4,6H2,1-2H3. The number of Topliss-reactive ketones (excluding diaryl/α,β-unsaturated/α-hetero) is 1. The van der Waals surface area contributed by atoms with Crippen LogP contribution in [0.1, 0.15) is 12.0 Å². The number of methoxy groups -OCH3 is 2. The molecule has 1 aromatic carbocycles. The van der Waals surface area contributed by atoms with E-state index in [4.69, 9.17) is 4.74 Å². The molecule has 0 spiro atoms. The quantitative estimate of drug-likeness (QED) is 0.604. The van der Waals surface area contributed by atoms with Gasteiger partial charge in [0.25, 0.3) is 0 Å². The highest BCUT2D eigenvalue weighted by Crippen LogP contribution is 2.35. The lowest BCUT2D eigenvalue weighted by Gasteiger charge is -2.11. The van der Waals surface area contributed by atoms with Crippen molar-refractivity contribution < 1.29 is 19.1 Å². The summed E-state index contributed by atoms with van der Waals surface area (Å²) in [5.41, 5.74) is 1.07. The Balaban J connectivity index is 2.34. The van der Waals surface area contributed by atoms with Crippen molar-refractivity contribution in [1.82, 2.24) is 0 Å². The van der Waals surface area contributed by atoms with E-state index < -0.39 is 11.2 Å². The Morgan fingerprint density at radius 2 is 2.11 bits per heavy atom. The molecule has 0 aliphatic carbocycles. The predicted molar refractivity (Wildman–Crippen MR) is 68.0 cm³/mol. The van der Waals surface area contributed by atoms with E-state index in [0.717, 1.165) is 16.2 Å². The van der Waals surface area contributed by atoms with Gasteiger partial charge in [0.2, 0.25) is 0 Å². The second kappa shape index (κ2) is 5.44. The summed E-state index contributed by atoms with van der Waals surface area (Å²) < 4.78 is 9.83. The number of carbonyl (C=O) groups is 2. The molecule has 96 valence electrons. The van der Waals surface area contributed by atoms with E-state index >= 15 is 0 Å². The molecule has 0 radical (unpaired) electrons. The van der Waals surface area contributed by atoms with E-state index in [1.807, 2.05) is 18.2 Å². The van der Waals surface area contributed by atoms with Gasteiger partial charge in [-0.25, -0.2) is 0 Å². The van der Waals surface area contributed by atoms with E-state index in [1.54, 1.807) is 7.11 Å². The molecular formula is C13H14O4S. The van der Waals surface area contributed by atoms with Crippen molar-refractivity contribution in [3.63, 3.8) is 0 Å². The van der Waals surface area contributed by atoms with Crippen LogP contribution in [0, 0.1) is 0 Å². The fourth-order valence-electron chi connectivity index (χ4n) is 1.85. The highest BCUT2D eigenvalue weighted by Gasteiger charge is 2.31. The highest BCUT2D eigenvalue weighted by atomic mass is 32.2. The molecule has 0 saturated carbocycles. The summed E-state index contributed by atoms with van der Waals surface area (Å²) >= 11 is 1.24. The number of ketones is 1. The number of rotatable bonds is 2. The molecule has 0 saturated heterocycles. The number of hydrogen-bond donors (Lipinski definition) is 0. The zero-order valence-electron chi connectivity index (χ0n) is 10.3. The molecule has 0 bridgehead atoms. The van der Waals surface area contributed by atoms with Crippen LogP contribution in [0.3, 0.4) is 0 Å². The Labute approximate surface area is 110 Å². The first kappa shape index (κ1) is 13.0. The van der Waals surface area contributed by atoms with Crippen LogP contribution in [0.5, 0.6) is 5.75 Å². The van der Waals surface area contributed by atoms with Crippen LogP contribution in [0.4, 0.5) is 0 Å². The summed E-state index contributed by atoms with van der Waals surface area (Å²) in [4.78, 5) is 24.4. The lowest BCUT2D eigenvalue weighted by atomic mass is 10.1. The van der Waals surface area contributed by atoms with Crippen molar-refractivity contribution in [2.75, 3.05) is 14.2 Å². The van der Waals surface area contributed by atoms with Crippen molar-refractivity contribution in [1.29, 1.82) is 0 Å². The third kappa shape index (κ3) is 2.51. The number of carbonyl (C=O) groups excluding carboxylic acids is 2. The number of fused-ring (bicyclic) bond motifs is 1. The average Bonchev–Trinajstić information content (AvgIpc) is 2.57. The van der Waals surface area contributed by atoms with Crippen molar-refractivity contribution in [2.45, 2.75) is 23.0 Å². The Kier molecular flexibility index (Phi) is 3.91. The first-order valence-corrected chi connectivity index (χ1v) is 6.47. The van der Waals surface area contributed by atoms with E-state index in [2.05, 4.69) is 4.74 Å². The van der Waals surface area contributed by atoms with E-state index in [-0.39, 0.29) is 5.78 Å². The van der Waals surface area contributed by atoms with Gasteiger partial charge in [-0.15, -0.1) is 11.8 Å². The third-order valence-corrected chi connectivity index (χ3v) is 4.19. The summed E-state index contributed by atoms with van der Waals surface area (Å²) in [7, 11) is 2.89. The predicted octanol–water partition coefficient (Wildman–Crippen LogP) is 1.84. The van der Waals surface area contributed by atoms with Gasteiger partial charge in [-0.05, 0) is 24.1 Å². The van der Waals surface area contributed by atoms with Crippen molar-refractivity contribution in [3.8, 4) is 5.75 Å². The second-order valence-electron chi connectivity index (χ2n) is 3.96. The molecule has 1 aromatic rings. The summed E-state index contributed by atoms with van der Waals surface area (Å²) in [6.45, 7) is 0. The molecule has 18 heavy (non-hydrogen) atoms. The number of ether oxygens (including phenoxy) is 2. The lowest BCUT2D eigenvalue weighted by Crippen LogP contribution is -2.27. The van der Waals surface area contributed by atoms with Gasteiger partial charge < -0.3 is 9.47 Å². The lowest BCUT2D eigenvalue weighted by molar-refractivity contribution is -0.142. The maximum absolute atomic E-state index is 11.9. The number of esters is 1. The van der Waals surface area contributed by atoms with Gasteiger partial charge in [0.05, 0.1) is 14.2 Å². The number of aryl methyl sites for hydroxylation is 1. The van der Waals surface area contributed by atoms with E-state index in [0.29, 0.717) is 12.8 Å². The van der Waals surface area contributed by atoms with Gasteiger partial charge in [0.15, 0.2) is 11.0 Å². The Morgan fingerprint density at radius 1 is 1.33 bits per heavy atom. The smallest absolute Gasteiger partial charge is 0.326 e. The van der Waals surface area contributed by atoms with Gasteiger partial charge in [-0.3, -0.25) is 9.59 Å². The average molecular weight is 266 g/mol. The highest BCUT2D eigenvalue weighted by molar-refractivity contribution is 8.01. The van der Waals surface area contributed by atoms with Crippen molar-refractivity contribution in [2.24, 2.45) is 0 Å². The van der Waals surface area contributed by atoms with Crippen LogP contribution in [0.15, 0.2) is 23.1 Å². The molecule has 1 atom stereocenters. The molecule has 0 aromatic heterocycles. The zero-order valence-corrected chi connectivity index (χ0v) is 11.1. The maximum Gasteiger partial charge on any atom is 0.326 e. The van der Waals surface area contributed by atoms with Gasteiger partial charge in [-0.1, -0.05) is 6.07 Å². The van der Waals surface area contributed by atoms with Crippen LogP contribution in [-0.4, -0.2) is 31.2 Å². The molecule has 2 rings (SSSR count). The van der Waals surface area contributed by atoms with Crippen LogP contribution in [-0.2, 0) is 20.7 Å². The largest absolute Gasteiger partial charge is 0.497 e. The van der Waals surface area contributed by atoms with Crippen LogP contribution in [0.25, 0.3) is 0 Å². The molecule has 1 heterocycles. The molecule has 0 amide bonds. The Bertz CT molecular complexity index is 484. The van der Waals surface area contributed by atoms with Crippen LogP contribution in [0.2, 0.25) is 0 Å². The van der Waals surface area contributed by atoms with Gasteiger partial charge in [-0.2, -0.15) is 0 Å². The van der Waals surface area contributed by atoms with Gasteiger partial charge >= 0.3 is 5.97 Å². The molecule has 1 aliphatic rings. The van der Waals surface area contributed by atoms with Gasteiger partial charge in [0, 0.05) is 11.3 Å². The molecule has 0 N–H and O–H groups in total. The first-order chi connectivity index (χ1) is 8.65. The van der Waals surface area contributed by atoms with Crippen LogP contribution < -0.4 is 4.74 Å². The molecule has 5 heteroatoms. The summed E-state index contributed by atoms with van der Waals surface area (Å²) in [6, 6.07) is 5.66. The molecule has 0 fully saturated rings. The minimum atomic E-state index is -0.761. The third-order valence-electron chi connectivity index (χ3n) is 2.87. The van der Waals surface area contributed by atoms with E-state index in [1.165, 1.54) is 18.9 Å². The molecule has 4 nitrogen and oxygen atoms in total. The first-order valence-electron chi connectivity index (χ1n) is 5.60. The zero-order chi connectivity index (χ0) is 13.1. The molecular weight excluding hydrogens is 252 g/mol. The number of hydrogen-bond acceptors (Lipinski definition) is 5. The Morgan fingerprint density at radius 3 is 2.78 bits per heavy atom. The van der Waals surface area contributed by atoms with E-state index in [9.17, 15) is 9.59 Å². The molecule has 1 aliphatic heterocycles. The SMILES string of the molecule is COC(=O)C1Sc2cc(OC)ccc2CCC1=O. The normalized spacial score (nSPS) is 18.8. The Hall–Kier alpha value is -1.49. The van der Waals surface area contributed by atoms with Crippen molar-refractivity contribution >= 4 is 23.5 Å². The fourth-order valence-corrected chi connectivity index (χ4v) is 3.05. The molecule has 1 unspecified atom stereocenters. The second-order valence-corrected chi connectivity index (χ2v) is 5.11. The summed E-state index contributed by atoms with van der Waals surface area (Å²) in [5, 5.41) is -0.761. The number of benzene rings is 1. The summed E-state index contributed by atoms with van der Waals surface area (Å²) in [6.07, 6.45) is 1.02. The maximum atomic E-state index is 11.9. The summed E-state index contributed by atoms with van der Waals surface area (Å²) in [5.74, 6) is 0.155. The fraction of sp³-hybridized carbons (Fsp3) is 0.385. The minimum Gasteiger partial charge on any atom is -0.497 e. The number of thioether (sulfide) groups is 1.